The van der Waals surface area contributed by atoms with E-state index in [1.807, 2.05) is 30.6 Å². The van der Waals surface area contributed by atoms with Gasteiger partial charge in [-0.3, -0.25) is 14.1 Å². The number of fused-ring (bicyclic) bond motifs is 1. The van der Waals surface area contributed by atoms with Crippen LogP contribution in [0.4, 0.5) is 29.2 Å². The number of alkyl halides is 3. The van der Waals surface area contributed by atoms with E-state index in [-0.39, 0.29) is 17.2 Å². The summed E-state index contributed by atoms with van der Waals surface area (Å²) in [4.78, 5) is 24.2. The van der Waals surface area contributed by atoms with Crippen molar-refractivity contribution in [1.82, 2.24) is 19.4 Å². The van der Waals surface area contributed by atoms with E-state index in [1.54, 1.807) is 7.05 Å². The predicted octanol–water partition coefficient (Wildman–Crippen LogP) is 3.85. The van der Waals surface area contributed by atoms with Crippen LogP contribution >= 0.6 is 0 Å². The summed E-state index contributed by atoms with van der Waals surface area (Å²) >= 11 is 0. The molecule has 0 fully saturated rings. The Bertz CT molecular complexity index is 1440. The van der Waals surface area contributed by atoms with E-state index in [2.05, 4.69) is 15.3 Å². The minimum atomic E-state index is -4.67. The molecule has 1 aromatic carbocycles. The lowest BCUT2D eigenvalue weighted by Gasteiger charge is -2.21. The number of halogens is 4. The van der Waals surface area contributed by atoms with Gasteiger partial charge >= 0.3 is 6.18 Å². The van der Waals surface area contributed by atoms with Crippen molar-refractivity contribution in [1.29, 1.82) is 0 Å². The fraction of sp³-hybridized carbons (Fsp3) is 0.435. The van der Waals surface area contributed by atoms with Gasteiger partial charge in [0.2, 0.25) is 16.0 Å². The third-order valence-corrected chi connectivity index (χ3v) is 6.90. The van der Waals surface area contributed by atoms with Gasteiger partial charge in [-0.15, -0.1) is 0 Å². The normalized spacial score (nSPS) is 13.2. The van der Waals surface area contributed by atoms with Gasteiger partial charge in [0.05, 0.1) is 17.9 Å². The van der Waals surface area contributed by atoms with Crippen molar-refractivity contribution in [2.24, 2.45) is 0 Å². The van der Waals surface area contributed by atoms with Gasteiger partial charge in [0.15, 0.2) is 0 Å². The molecule has 2 N–H and O–H groups in total. The lowest BCUT2D eigenvalue weighted by atomic mass is 10.0. The van der Waals surface area contributed by atoms with Crippen LogP contribution in [0.25, 0.3) is 22.2 Å². The van der Waals surface area contributed by atoms with Gasteiger partial charge in [0, 0.05) is 30.2 Å². The molecule has 37 heavy (non-hydrogen) atoms. The zero-order chi connectivity index (χ0) is 27.5. The summed E-state index contributed by atoms with van der Waals surface area (Å²) in [5, 5.41) is 3.37. The lowest BCUT2D eigenvalue weighted by molar-refractivity contribution is -0.129. The molecule has 3 aromatic rings. The van der Waals surface area contributed by atoms with Gasteiger partial charge in [-0.05, 0) is 57.7 Å². The quantitative estimate of drug-likeness (QED) is 0.373. The molecule has 3 rings (SSSR count). The SMILES string of the molecule is CNc1ncc2cc(-c3ccc(NS(=O)(=O)CCC(F)(F)F)c(F)c3)c(=O)n(C(C)CCN(C)C)c2n1. The van der Waals surface area contributed by atoms with Crippen LogP contribution in [0.2, 0.25) is 0 Å². The highest BCUT2D eigenvalue weighted by molar-refractivity contribution is 7.92. The summed E-state index contributed by atoms with van der Waals surface area (Å²) in [7, 11) is 1.02. The highest BCUT2D eigenvalue weighted by Gasteiger charge is 2.30. The topological polar surface area (TPSA) is 109 Å². The van der Waals surface area contributed by atoms with Gasteiger partial charge in [-0.2, -0.15) is 18.2 Å². The average Bonchev–Trinajstić information content (AvgIpc) is 2.81. The second-order valence-electron chi connectivity index (χ2n) is 8.88. The molecular weight excluding hydrogens is 516 g/mol. The van der Waals surface area contributed by atoms with Crippen molar-refractivity contribution in [3.05, 3.63) is 46.6 Å². The highest BCUT2D eigenvalue weighted by atomic mass is 32.2. The third-order valence-electron chi connectivity index (χ3n) is 5.63. The molecule has 2 aromatic heterocycles. The Labute approximate surface area is 211 Å². The molecule has 202 valence electrons. The molecular formula is C23H28F4N6O3S. The van der Waals surface area contributed by atoms with Crippen molar-refractivity contribution in [2.75, 3.05) is 43.5 Å². The largest absolute Gasteiger partial charge is 0.390 e. The lowest BCUT2D eigenvalue weighted by Crippen LogP contribution is -2.28. The van der Waals surface area contributed by atoms with E-state index >= 15 is 0 Å². The third kappa shape index (κ3) is 7.16. The second-order valence-corrected chi connectivity index (χ2v) is 10.7. The molecule has 0 amide bonds. The summed E-state index contributed by atoms with van der Waals surface area (Å²) < 4.78 is 79.4. The molecule has 0 radical (unpaired) electrons. The zero-order valence-electron chi connectivity index (χ0n) is 20.7. The molecule has 1 unspecified atom stereocenters. The fourth-order valence-electron chi connectivity index (χ4n) is 3.66. The van der Waals surface area contributed by atoms with E-state index in [0.717, 1.165) is 12.1 Å². The number of nitrogens with zero attached hydrogens (tertiary/aromatic N) is 4. The number of rotatable bonds is 10. The molecule has 0 aliphatic carbocycles. The van der Waals surface area contributed by atoms with Crippen molar-refractivity contribution in [3.8, 4) is 11.1 Å². The maximum atomic E-state index is 14.9. The van der Waals surface area contributed by atoms with E-state index in [4.69, 9.17) is 0 Å². The summed E-state index contributed by atoms with van der Waals surface area (Å²) in [5.74, 6) is -1.96. The van der Waals surface area contributed by atoms with Crippen molar-refractivity contribution >= 4 is 32.7 Å². The molecule has 14 heteroatoms. The van der Waals surface area contributed by atoms with Gasteiger partial charge in [-0.25, -0.2) is 17.8 Å². The molecule has 2 heterocycles. The van der Waals surface area contributed by atoms with Crippen LogP contribution in [-0.2, 0) is 10.0 Å². The van der Waals surface area contributed by atoms with E-state index in [1.165, 1.54) is 22.9 Å². The van der Waals surface area contributed by atoms with Gasteiger partial charge in [0.25, 0.3) is 5.56 Å². The van der Waals surface area contributed by atoms with Crippen molar-refractivity contribution < 1.29 is 26.0 Å². The smallest absolute Gasteiger partial charge is 0.357 e. The number of nitrogens with one attached hydrogen (secondary N) is 2. The monoisotopic (exact) mass is 544 g/mol. The van der Waals surface area contributed by atoms with Crippen molar-refractivity contribution in [3.63, 3.8) is 0 Å². The molecule has 1 atom stereocenters. The van der Waals surface area contributed by atoms with Crippen LogP contribution in [-0.4, -0.2) is 67.5 Å². The molecule has 0 saturated carbocycles. The first-order valence-electron chi connectivity index (χ1n) is 11.3. The molecule has 0 aliphatic rings. The standard InChI is InChI=1S/C23H28F4N6O3S/c1-14(7-9-32(3)4)33-20-16(13-29-22(28-2)30-20)11-17(21(33)34)15-5-6-19(18(24)12-15)31-37(35,36)10-8-23(25,26)27/h5-6,11-14,31H,7-10H2,1-4H3,(H,28,29,30). The Morgan fingerprint density at radius 3 is 2.49 bits per heavy atom. The van der Waals surface area contributed by atoms with E-state index < -0.39 is 45.4 Å². The van der Waals surface area contributed by atoms with E-state index in [0.29, 0.717) is 29.9 Å². The number of anilines is 2. The highest BCUT2D eigenvalue weighted by Crippen LogP contribution is 2.27. The number of hydrogen-bond acceptors (Lipinski definition) is 7. The number of pyridine rings is 1. The van der Waals surface area contributed by atoms with Crippen LogP contribution < -0.4 is 15.6 Å². The Hall–Kier alpha value is -3.26. The van der Waals surface area contributed by atoms with Crippen LogP contribution in [0.15, 0.2) is 35.3 Å². The number of hydrogen-bond donors (Lipinski definition) is 2. The molecule has 9 nitrogen and oxygen atoms in total. The molecule has 0 spiro atoms. The maximum absolute atomic E-state index is 14.9. The zero-order valence-corrected chi connectivity index (χ0v) is 21.5. The minimum Gasteiger partial charge on any atom is -0.357 e. The Morgan fingerprint density at radius 1 is 1.19 bits per heavy atom. The summed E-state index contributed by atoms with van der Waals surface area (Å²) in [5.41, 5.74) is -0.260. The Morgan fingerprint density at radius 2 is 1.89 bits per heavy atom. The number of sulfonamides is 1. The van der Waals surface area contributed by atoms with Crippen LogP contribution in [0, 0.1) is 5.82 Å². The van der Waals surface area contributed by atoms with Gasteiger partial charge < -0.3 is 10.2 Å². The van der Waals surface area contributed by atoms with Gasteiger partial charge in [-0.1, -0.05) is 6.07 Å². The molecule has 0 bridgehead atoms. The van der Waals surface area contributed by atoms with Gasteiger partial charge in [0.1, 0.15) is 11.5 Å². The predicted molar refractivity (Wildman–Crippen MR) is 135 cm³/mol. The van der Waals surface area contributed by atoms with Crippen molar-refractivity contribution in [2.45, 2.75) is 32.0 Å². The molecule has 0 aliphatic heterocycles. The first kappa shape index (κ1) is 28.3. The number of benzene rings is 1. The van der Waals surface area contributed by atoms with Crippen LogP contribution in [0.3, 0.4) is 0 Å². The number of aromatic nitrogens is 3. The maximum Gasteiger partial charge on any atom is 0.390 e. The average molecular weight is 545 g/mol. The first-order chi connectivity index (χ1) is 17.2. The summed E-state index contributed by atoms with van der Waals surface area (Å²) in [6.07, 6.45) is -4.08. The fourth-order valence-corrected chi connectivity index (χ4v) is 4.77. The second kappa shape index (κ2) is 11.0. The Balaban J connectivity index is 2.05. The Kier molecular flexibility index (Phi) is 8.42. The van der Waals surface area contributed by atoms with E-state index in [9.17, 15) is 30.8 Å². The summed E-state index contributed by atoms with van der Waals surface area (Å²) in [6, 6.07) is 4.60. The minimum absolute atomic E-state index is 0.135. The van der Waals surface area contributed by atoms with Crippen LogP contribution in [0.5, 0.6) is 0 Å². The van der Waals surface area contributed by atoms with Crippen LogP contribution in [0.1, 0.15) is 25.8 Å². The summed E-state index contributed by atoms with van der Waals surface area (Å²) in [6.45, 7) is 2.57. The molecule has 0 saturated heterocycles. The first-order valence-corrected chi connectivity index (χ1v) is 13.0.